The Labute approximate surface area is 153 Å². The second kappa shape index (κ2) is 7.19. The summed E-state index contributed by atoms with van der Waals surface area (Å²) in [4.78, 5) is 17.3. The molecule has 1 saturated heterocycles. The van der Waals surface area contributed by atoms with Crippen LogP contribution in [0.25, 0.3) is 0 Å². The van der Waals surface area contributed by atoms with Gasteiger partial charge in [-0.15, -0.1) is 0 Å². The lowest BCUT2D eigenvalue weighted by atomic mass is 10.1. The van der Waals surface area contributed by atoms with E-state index in [0.29, 0.717) is 5.92 Å². The molecule has 0 unspecified atom stereocenters. The molecule has 6 heteroatoms. The van der Waals surface area contributed by atoms with Crippen LogP contribution in [0.5, 0.6) is 0 Å². The Hall–Kier alpha value is -2.21. The van der Waals surface area contributed by atoms with E-state index >= 15 is 0 Å². The van der Waals surface area contributed by atoms with Crippen LogP contribution in [0.2, 0.25) is 0 Å². The number of benzene rings is 1. The Morgan fingerprint density at radius 3 is 2.65 bits per heavy atom. The zero-order valence-electron chi connectivity index (χ0n) is 15.2. The predicted octanol–water partition coefficient (Wildman–Crippen LogP) is 2.78. The first-order valence-electron chi connectivity index (χ1n) is 9.40. The van der Waals surface area contributed by atoms with Crippen LogP contribution in [0.1, 0.15) is 46.8 Å². The molecule has 4 rings (SSSR count). The number of nitrogens with zero attached hydrogens (tertiary/aromatic N) is 4. The van der Waals surface area contributed by atoms with Gasteiger partial charge in [-0.25, -0.2) is 4.39 Å². The highest BCUT2D eigenvalue weighted by atomic mass is 19.1. The van der Waals surface area contributed by atoms with Crippen LogP contribution in [-0.4, -0.2) is 51.7 Å². The van der Waals surface area contributed by atoms with Gasteiger partial charge in [0, 0.05) is 51.9 Å². The summed E-state index contributed by atoms with van der Waals surface area (Å²) in [6.45, 7) is 4.07. The summed E-state index contributed by atoms with van der Waals surface area (Å²) in [5.74, 6) is 0.380. The molecular formula is C20H25FN4O. The molecule has 2 aromatic rings. The van der Waals surface area contributed by atoms with Crippen molar-refractivity contribution in [2.75, 3.05) is 26.2 Å². The third kappa shape index (κ3) is 3.80. The molecule has 0 spiro atoms. The largest absolute Gasteiger partial charge is 0.337 e. The third-order valence-corrected chi connectivity index (χ3v) is 5.25. The van der Waals surface area contributed by atoms with Crippen molar-refractivity contribution < 1.29 is 9.18 Å². The molecule has 26 heavy (non-hydrogen) atoms. The van der Waals surface area contributed by atoms with Crippen molar-refractivity contribution in [3.05, 3.63) is 53.1 Å². The topological polar surface area (TPSA) is 41.4 Å². The predicted molar refractivity (Wildman–Crippen MR) is 97.4 cm³/mol. The molecule has 1 aromatic carbocycles. The highest BCUT2D eigenvalue weighted by Gasteiger charge is 2.33. The number of amides is 1. The lowest BCUT2D eigenvalue weighted by molar-refractivity contribution is 0.0760. The molecule has 0 N–H and O–H groups in total. The number of hydrogen-bond acceptors (Lipinski definition) is 3. The van der Waals surface area contributed by atoms with E-state index in [1.54, 1.807) is 4.68 Å². The smallest absolute Gasteiger partial charge is 0.257 e. The first kappa shape index (κ1) is 17.2. The first-order valence-corrected chi connectivity index (χ1v) is 9.40. The molecule has 0 atom stereocenters. The van der Waals surface area contributed by atoms with Crippen molar-refractivity contribution >= 4 is 5.91 Å². The molecule has 5 nitrogen and oxygen atoms in total. The molecule has 1 aliphatic carbocycles. The molecule has 1 aliphatic heterocycles. The SMILES string of the molecule is Cn1cc(C(=O)N2CCCN(Cc3ccc(F)cc3)CC2)c(C2CC2)n1. The molecule has 2 heterocycles. The summed E-state index contributed by atoms with van der Waals surface area (Å²) in [6, 6.07) is 6.68. The number of carbonyl (C=O) groups excluding carboxylic acids is 1. The maximum atomic E-state index is 13.1. The Kier molecular flexibility index (Phi) is 4.76. The highest BCUT2D eigenvalue weighted by Crippen LogP contribution is 2.41. The van der Waals surface area contributed by atoms with E-state index < -0.39 is 0 Å². The van der Waals surface area contributed by atoms with E-state index in [1.807, 2.05) is 30.3 Å². The van der Waals surface area contributed by atoms with Gasteiger partial charge in [0.2, 0.25) is 0 Å². The van der Waals surface area contributed by atoms with E-state index in [1.165, 1.54) is 12.1 Å². The summed E-state index contributed by atoms with van der Waals surface area (Å²) >= 11 is 0. The van der Waals surface area contributed by atoms with E-state index in [2.05, 4.69) is 10.00 Å². The maximum Gasteiger partial charge on any atom is 0.257 e. The van der Waals surface area contributed by atoms with Gasteiger partial charge in [0.25, 0.3) is 5.91 Å². The highest BCUT2D eigenvalue weighted by molar-refractivity contribution is 5.95. The van der Waals surface area contributed by atoms with Crippen LogP contribution >= 0.6 is 0 Å². The lowest BCUT2D eigenvalue weighted by Gasteiger charge is -2.22. The number of rotatable bonds is 4. The molecule has 2 aliphatic rings. The summed E-state index contributed by atoms with van der Waals surface area (Å²) in [7, 11) is 1.88. The minimum Gasteiger partial charge on any atom is -0.337 e. The summed E-state index contributed by atoms with van der Waals surface area (Å²) < 4.78 is 14.8. The number of carbonyl (C=O) groups is 1. The van der Waals surface area contributed by atoms with Gasteiger partial charge in [0.05, 0.1) is 11.3 Å². The number of halogens is 1. The second-order valence-electron chi connectivity index (χ2n) is 7.42. The number of aromatic nitrogens is 2. The Balaban J connectivity index is 1.40. The van der Waals surface area contributed by atoms with Gasteiger partial charge in [-0.1, -0.05) is 12.1 Å². The molecule has 0 radical (unpaired) electrons. The van der Waals surface area contributed by atoms with Crippen LogP contribution in [-0.2, 0) is 13.6 Å². The van der Waals surface area contributed by atoms with Crippen molar-refractivity contribution in [2.45, 2.75) is 31.7 Å². The molecule has 2 fully saturated rings. The van der Waals surface area contributed by atoms with Crippen LogP contribution in [0.15, 0.2) is 30.5 Å². The fourth-order valence-corrected chi connectivity index (χ4v) is 3.68. The Bertz CT molecular complexity index is 782. The Morgan fingerprint density at radius 2 is 1.92 bits per heavy atom. The van der Waals surface area contributed by atoms with Crippen molar-refractivity contribution in [3.8, 4) is 0 Å². The van der Waals surface area contributed by atoms with E-state index in [4.69, 9.17) is 0 Å². The quantitative estimate of drug-likeness (QED) is 0.846. The van der Waals surface area contributed by atoms with Gasteiger partial charge in [0.1, 0.15) is 5.82 Å². The average Bonchev–Trinajstić information content (AvgIpc) is 3.43. The monoisotopic (exact) mass is 356 g/mol. The van der Waals surface area contributed by atoms with Crippen molar-refractivity contribution in [3.63, 3.8) is 0 Å². The zero-order valence-corrected chi connectivity index (χ0v) is 15.2. The fraction of sp³-hybridized carbons (Fsp3) is 0.500. The Morgan fingerprint density at radius 1 is 1.15 bits per heavy atom. The van der Waals surface area contributed by atoms with Gasteiger partial charge >= 0.3 is 0 Å². The second-order valence-corrected chi connectivity index (χ2v) is 7.42. The molecule has 1 saturated carbocycles. The lowest BCUT2D eigenvalue weighted by Crippen LogP contribution is -2.35. The van der Waals surface area contributed by atoms with Gasteiger partial charge in [-0.2, -0.15) is 5.10 Å². The van der Waals surface area contributed by atoms with E-state index in [-0.39, 0.29) is 11.7 Å². The fourth-order valence-electron chi connectivity index (χ4n) is 3.68. The van der Waals surface area contributed by atoms with Crippen LogP contribution in [0.3, 0.4) is 0 Å². The van der Waals surface area contributed by atoms with Crippen molar-refractivity contribution in [2.24, 2.45) is 7.05 Å². The van der Waals surface area contributed by atoms with E-state index in [9.17, 15) is 9.18 Å². The normalized spacial score (nSPS) is 18.8. The van der Waals surface area contributed by atoms with Crippen LogP contribution in [0.4, 0.5) is 4.39 Å². The van der Waals surface area contributed by atoms with Gasteiger partial charge < -0.3 is 4.90 Å². The first-order chi connectivity index (χ1) is 12.6. The summed E-state index contributed by atoms with van der Waals surface area (Å²) in [6.07, 6.45) is 5.11. The standard InChI is InChI=1S/C20H25FN4O/c1-23-14-18(19(22-23)16-5-6-16)20(26)25-10-2-9-24(11-12-25)13-15-3-7-17(21)8-4-15/h3-4,7-8,14,16H,2,5-6,9-13H2,1H3. The van der Waals surface area contributed by atoms with E-state index in [0.717, 1.165) is 68.8 Å². The average molecular weight is 356 g/mol. The summed E-state index contributed by atoms with van der Waals surface area (Å²) in [5.41, 5.74) is 2.86. The van der Waals surface area contributed by atoms with Crippen molar-refractivity contribution in [1.82, 2.24) is 19.6 Å². The summed E-state index contributed by atoms with van der Waals surface area (Å²) in [5, 5.41) is 4.52. The minimum absolute atomic E-state index is 0.114. The van der Waals surface area contributed by atoms with Gasteiger partial charge in [0.15, 0.2) is 0 Å². The number of hydrogen-bond donors (Lipinski definition) is 0. The maximum absolute atomic E-state index is 13.1. The minimum atomic E-state index is -0.204. The number of aryl methyl sites for hydroxylation is 1. The molecule has 138 valence electrons. The molecule has 1 aromatic heterocycles. The molecule has 1 amide bonds. The van der Waals surface area contributed by atoms with Gasteiger partial charge in [-0.3, -0.25) is 14.4 Å². The third-order valence-electron chi connectivity index (χ3n) is 5.25. The zero-order chi connectivity index (χ0) is 18.1. The van der Waals surface area contributed by atoms with Gasteiger partial charge in [-0.05, 0) is 37.0 Å². The van der Waals surface area contributed by atoms with Crippen LogP contribution < -0.4 is 0 Å². The van der Waals surface area contributed by atoms with Crippen LogP contribution in [0, 0.1) is 5.82 Å². The molecule has 0 bridgehead atoms. The van der Waals surface area contributed by atoms with Crippen molar-refractivity contribution in [1.29, 1.82) is 0 Å². The molecular weight excluding hydrogens is 331 g/mol.